The summed E-state index contributed by atoms with van der Waals surface area (Å²) in [5.74, 6) is -16.6. The van der Waals surface area contributed by atoms with Gasteiger partial charge in [0.2, 0.25) is 0 Å². The Morgan fingerprint density at radius 1 is 0.635 bits per heavy atom. The fourth-order valence-corrected chi connectivity index (χ4v) is 13.2. The maximum Gasteiger partial charge on any atom is 0.460 e. The fourth-order valence-electron chi connectivity index (χ4n) is 5.95. The first-order valence-corrected chi connectivity index (χ1v) is 20.1. The van der Waals surface area contributed by atoms with Gasteiger partial charge in [0.1, 0.15) is 5.25 Å². The lowest BCUT2D eigenvalue weighted by Crippen LogP contribution is -2.63. The molecule has 3 aromatic rings. The highest BCUT2D eigenvalue weighted by Gasteiger charge is 2.86. The van der Waals surface area contributed by atoms with Crippen LogP contribution in [-0.4, -0.2) is 64.4 Å². The molecule has 0 radical (unpaired) electrons. The van der Waals surface area contributed by atoms with Crippen molar-refractivity contribution in [2.45, 2.75) is 93.4 Å². The normalized spacial score (nSPS) is 20.8. The molecule has 0 N–H and O–H groups in total. The average molecular weight is 809 g/mol. The second-order valence-corrected chi connectivity index (χ2v) is 19.8. The van der Waals surface area contributed by atoms with E-state index in [1.165, 1.54) is 36.4 Å². The quantitative estimate of drug-likeness (QED) is 0.189. The van der Waals surface area contributed by atoms with Crippen LogP contribution in [0.2, 0.25) is 0 Å². The summed E-state index contributed by atoms with van der Waals surface area (Å²) in [5.41, 5.74) is -0.399. The van der Waals surface area contributed by atoms with Gasteiger partial charge in [-0.05, 0) is 71.7 Å². The Kier molecular flexibility index (Phi) is 10.5. The lowest BCUT2D eigenvalue weighted by molar-refractivity contribution is -0.382. The number of hydrogen-bond acceptors (Lipinski definition) is 7. The van der Waals surface area contributed by atoms with E-state index in [0.717, 1.165) is 48.5 Å². The highest BCUT2D eigenvalue weighted by Crippen LogP contribution is 2.71. The topological polar surface area (TPSA) is 96.0 Å². The number of halogens is 9. The van der Waals surface area contributed by atoms with Gasteiger partial charge in [-0.1, -0.05) is 56.7 Å². The first kappa shape index (κ1) is 40.3. The predicted molar refractivity (Wildman–Crippen MR) is 170 cm³/mol. The van der Waals surface area contributed by atoms with E-state index in [2.05, 4.69) is 0 Å². The molecule has 2 aliphatic rings. The van der Waals surface area contributed by atoms with Crippen molar-refractivity contribution < 1.29 is 69.5 Å². The van der Waals surface area contributed by atoms with E-state index in [-0.39, 0.29) is 40.7 Å². The van der Waals surface area contributed by atoms with Gasteiger partial charge in [0.05, 0.1) is 18.1 Å². The minimum atomic E-state index is -7.55. The summed E-state index contributed by atoms with van der Waals surface area (Å²) in [4.78, 5) is -1.38. The summed E-state index contributed by atoms with van der Waals surface area (Å²) in [5, 5.41) is -8.36. The van der Waals surface area contributed by atoms with Crippen LogP contribution in [0.4, 0.5) is 39.5 Å². The monoisotopic (exact) mass is 808 g/mol. The van der Waals surface area contributed by atoms with Gasteiger partial charge in [-0.15, -0.1) is 0 Å². The second-order valence-electron chi connectivity index (χ2n) is 13.2. The summed E-state index contributed by atoms with van der Waals surface area (Å²) < 4.78 is 198. The van der Waals surface area contributed by atoms with Gasteiger partial charge >= 0.3 is 33.4 Å². The van der Waals surface area contributed by atoms with Crippen LogP contribution in [0, 0.1) is 5.41 Å². The van der Waals surface area contributed by atoms with Gasteiger partial charge in [0.25, 0.3) is 0 Å². The van der Waals surface area contributed by atoms with Crippen molar-refractivity contribution in [3.63, 3.8) is 0 Å². The third kappa shape index (κ3) is 6.62. The number of ether oxygens (including phenoxy) is 2. The van der Waals surface area contributed by atoms with Crippen LogP contribution < -0.4 is 0 Å². The number of alkyl halides is 9. The van der Waals surface area contributed by atoms with E-state index in [0.29, 0.717) is 12.8 Å². The Balaban J connectivity index is 1.66. The van der Waals surface area contributed by atoms with E-state index < -0.39 is 74.9 Å². The molecule has 3 aromatic carbocycles. The molecule has 288 valence electrons. The lowest BCUT2D eigenvalue weighted by atomic mass is 9.89. The van der Waals surface area contributed by atoms with Crippen molar-refractivity contribution >= 4 is 30.3 Å². The first-order valence-electron chi connectivity index (χ1n) is 15.6. The maximum atomic E-state index is 15.2. The standard InChI is InChI=1S/C33H33F9O7S3/c1-28(2)21-47-29(48-22-28)20-10-9-15-27(29)51(43,44)26-18-16-25(17-19-26)50(23-11-5-3-6-12-23,24-13-7-4-8-14-24)49-52(45,46)33(41,42)31(36,37)30(34,35)32(38,39)40/h3-8,11-14,16-19,27H,9-10,15,20-22H2,1-2H3. The molecule has 1 unspecified atom stereocenters. The molecule has 7 nitrogen and oxygen atoms in total. The molecule has 1 saturated heterocycles. The molecule has 1 spiro atoms. The molecule has 52 heavy (non-hydrogen) atoms. The first-order chi connectivity index (χ1) is 23.9. The molecule has 0 aromatic heterocycles. The summed E-state index contributed by atoms with van der Waals surface area (Å²) in [7, 11) is -16.1. The van der Waals surface area contributed by atoms with Gasteiger partial charge in [-0.25, -0.2) is 12.0 Å². The number of hydrogen-bond donors (Lipinski definition) is 0. The molecule has 0 bridgehead atoms. The zero-order valence-electron chi connectivity index (χ0n) is 27.4. The maximum absolute atomic E-state index is 15.2. The third-order valence-electron chi connectivity index (χ3n) is 8.78. The largest absolute Gasteiger partial charge is 0.460 e. The molecule has 5 rings (SSSR count). The molecular weight excluding hydrogens is 776 g/mol. The molecule has 1 heterocycles. The Morgan fingerprint density at radius 3 is 1.54 bits per heavy atom. The minimum absolute atomic E-state index is 0.140. The summed E-state index contributed by atoms with van der Waals surface area (Å²) in [6, 6.07) is 16.3. The third-order valence-corrected chi connectivity index (χ3v) is 16.3. The van der Waals surface area contributed by atoms with Crippen molar-refractivity contribution in [3.8, 4) is 0 Å². The van der Waals surface area contributed by atoms with Crippen molar-refractivity contribution in [2.24, 2.45) is 5.41 Å². The Morgan fingerprint density at radius 2 is 1.08 bits per heavy atom. The lowest BCUT2D eigenvalue weighted by Gasteiger charge is -2.49. The van der Waals surface area contributed by atoms with Crippen LogP contribution in [0.1, 0.15) is 39.5 Å². The molecule has 1 aliphatic heterocycles. The summed E-state index contributed by atoms with van der Waals surface area (Å²) in [6.07, 6.45) is -5.78. The van der Waals surface area contributed by atoms with Gasteiger partial charge in [0, 0.05) is 26.5 Å². The van der Waals surface area contributed by atoms with Crippen LogP contribution in [0.25, 0.3) is 0 Å². The van der Waals surface area contributed by atoms with E-state index in [9.17, 15) is 47.6 Å². The van der Waals surface area contributed by atoms with Crippen LogP contribution in [0.15, 0.2) is 105 Å². The zero-order chi connectivity index (χ0) is 38.7. The summed E-state index contributed by atoms with van der Waals surface area (Å²) in [6.45, 7) is 4.14. The highest BCUT2D eigenvalue weighted by atomic mass is 32.3. The highest BCUT2D eigenvalue weighted by molar-refractivity contribution is 8.33. The van der Waals surface area contributed by atoms with Gasteiger partial charge in [-0.3, -0.25) is 0 Å². The van der Waals surface area contributed by atoms with Crippen LogP contribution in [-0.2, 0) is 33.1 Å². The minimum Gasteiger partial charge on any atom is -0.348 e. The molecule has 2 fully saturated rings. The van der Waals surface area contributed by atoms with Crippen LogP contribution in [0.3, 0.4) is 0 Å². The van der Waals surface area contributed by atoms with Gasteiger partial charge in [-0.2, -0.15) is 47.9 Å². The zero-order valence-corrected chi connectivity index (χ0v) is 29.8. The Labute approximate surface area is 296 Å². The molecule has 19 heteroatoms. The molecular formula is C33H33F9O7S3. The summed E-state index contributed by atoms with van der Waals surface area (Å²) >= 11 is 0. The number of sulfone groups is 1. The molecule has 1 aliphatic carbocycles. The smallest absolute Gasteiger partial charge is 0.348 e. The van der Waals surface area contributed by atoms with Crippen molar-refractivity contribution in [2.75, 3.05) is 13.2 Å². The van der Waals surface area contributed by atoms with E-state index in [4.69, 9.17) is 13.1 Å². The van der Waals surface area contributed by atoms with Gasteiger partial charge < -0.3 is 9.47 Å². The second kappa shape index (κ2) is 13.5. The fraction of sp³-hybridized carbons (Fsp3) is 0.455. The van der Waals surface area contributed by atoms with E-state index in [1.807, 2.05) is 13.8 Å². The van der Waals surface area contributed by atoms with Crippen molar-refractivity contribution in [1.29, 1.82) is 0 Å². The number of benzene rings is 3. The average Bonchev–Trinajstić information content (AvgIpc) is 3.09. The molecule has 1 saturated carbocycles. The number of rotatable bonds is 10. The van der Waals surface area contributed by atoms with E-state index in [1.54, 1.807) is 0 Å². The van der Waals surface area contributed by atoms with Crippen LogP contribution in [0.5, 0.6) is 0 Å². The van der Waals surface area contributed by atoms with Crippen LogP contribution >= 0.6 is 10.3 Å². The Hall–Kier alpha value is -2.84. The SMILES string of the molecule is CC1(C)COC2(CCCCC2S(=O)(=O)c2ccc(S(OS(=O)(=O)C(F)(F)C(F)(F)C(F)(F)C(F)(F)F)(c3ccccc3)c3ccccc3)cc2)OC1. The Bertz CT molecular complexity index is 1910. The molecule has 0 amide bonds. The van der Waals surface area contributed by atoms with Crippen molar-refractivity contribution in [3.05, 3.63) is 84.9 Å². The van der Waals surface area contributed by atoms with Gasteiger partial charge in [0.15, 0.2) is 15.6 Å². The van der Waals surface area contributed by atoms with E-state index >= 15 is 8.78 Å². The molecule has 1 atom stereocenters. The predicted octanol–water partition coefficient (Wildman–Crippen LogP) is 9.14. The van der Waals surface area contributed by atoms with Crippen molar-refractivity contribution in [1.82, 2.24) is 0 Å².